The van der Waals surface area contributed by atoms with Gasteiger partial charge in [-0.2, -0.15) is 0 Å². The van der Waals surface area contributed by atoms with Gasteiger partial charge in [-0.15, -0.1) is 16.9 Å². The second kappa shape index (κ2) is 10.6. The number of ether oxygens (including phenoxy) is 1. The van der Waals surface area contributed by atoms with E-state index in [1.54, 1.807) is 29.9 Å². The first-order valence-electron chi connectivity index (χ1n) is 10.7. The van der Waals surface area contributed by atoms with Crippen molar-refractivity contribution < 1.29 is 9.53 Å². The molecular weight excluding hydrogens is 424 g/mol. The molecule has 1 aliphatic rings. The number of tetrazole rings is 1. The third-order valence-corrected chi connectivity index (χ3v) is 6.60. The SMILES string of the molecule is COc1ccccc1CCNC(=O)[C@@H]1C[C@H](n2cnnn2)CN1Cc1ccc(SC)cc1. The van der Waals surface area contributed by atoms with Crippen molar-refractivity contribution in [3.05, 3.63) is 66.0 Å². The van der Waals surface area contributed by atoms with Gasteiger partial charge in [-0.25, -0.2) is 4.68 Å². The quantitative estimate of drug-likeness (QED) is 0.500. The van der Waals surface area contributed by atoms with Crippen LogP contribution in [0.15, 0.2) is 59.8 Å². The number of carbonyl (C=O) groups is 1. The van der Waals surface area contributed by atoms with E-state index in [-0.39, 0.29) is 18.0 Å². The van der Waals surface area contributed by atoms with Crippen molar-refractivity contribution in [3.63, 3.8) is 0 Å². The number of hydrogen-bond donors (Lipinski definition) is 1. The number of carbonyl (C=O) groups excluding carboxylic acids is 1. The lowest BCUT2D eigenvalue weighted by Crippen LogP contribution is -2.43. The molecule has 1 N–H and O–H groups in total. The number of likely N-dealkylation sites (tertiary alicyclic amines) is 1. The van der Waals surface area contributed by atoms with Crippen molar-refractivity contribution in [3.8, 4) is 5.75 Å². The van der Waals surface area contributed by atoms with Gasteiger partial charge in [0.2, 0.25) is 5.91 Å². The summed E-state index contributed by atoms with van der Waals surface area (Å²) in [6, 6.07) is 16.2. The van der Waals surface area contributed by atoms with Crippen LogP contribution in [0.3, 0.4) is 0 Å². The van der Waals surface area contributed by atoms with Gasteiger partial charge in [0.25, 0.3) is 0 Å². The molecule has 1 saturated heterocycles. The highest BCUT2D eigenvalue weighted by Crippen LogP contribution is 2.29. The Hall–Kier alpha value is -2.91. The van der Waals surface area contributed by atoms with Gasteiger partial charge in [0, 0.05) is 24.5 Å². The summed E-state index contributed by atoms with van der Waals surface area (Å²) in [5.41, 5.74) is 2.27. The highest BCUT2D eigenvalue weighted by atomic mass is 32.2. The maximum Gasteiger partial charge on any atom is 0.237 e. The van der Waals surface area contributed by atoms with Crippen LogP contribution >= 0.6 is 11.8 Å². The molecule has 0 spiro atoms. The van der Waals surface area contributed by atoms with Crippen molar-refractivity contribution in [1.82, 2.24) is 30.4 Å². The highest BCUT2D eigenvalue weighted by Gasteiger charge is 2.38. The molecule has 3 aromatic rings. The largest absolute Gasteiger partial charge is 0.496 e. The summed E-state index contributed by atoms with van der Waals surface area (Å²) in [5.74, 6) is 0.882. The lowest BCUT2D eigenvalue weighted by Gasteiger charge is -2.23. The number of para-hydroxylation sites is 1. The van der Waals surface area contributed by atoms with Crippen LogP contribution in [0.5, 0.6) is 5.75 Å². The van der Waals surface area contributed by atoms with Crippen molar-refractivity contribution in [2.75, 3.05) is 26.5 Å². The van der Waals surface area contributed by atoms with Crippen LogP contribution < -0.4 is 10.1 Å². The van der Waals surface area contributed by atoms with E-state index in [4.69, 9.17) is 4.74 Å². The normalized spacial score (nSPS) is 18.6. The maximum absolute atomic E-state index is 13.2. The summed E-state index contributed by atoms with van der Waals surface area (Å²) in [6.45, 7) is 1.99. The Morgan fingerprint density at radius 3 is 2.75 bits per heavy atom. The predicted octanol–water partition coefficient (Wildman–Crippen LogP) is 2.58. The molecule has 2 aromatic carbocycles. The van der Waals surface area contributed by atoms with Gasteiger partial charge in [-0.05, 0) is 58.9 Å². The zero-order chi connectivity index (χ0) is 22.3. The number of rotatable bonds is 9. The summed E-state index contributed by atoms with van der Waals surface area (Å²) in [5, 5.41) is 14.7. The summed E-state index contributed by atoms with van der Waals surface area (Å²) in [7, 11) is 1.67. The Morgan fingerprint density at radius 1 is 1.22 bits per heavy atom. The Bertz CT molecular complexity index is 1010. The van der Waals surface area contributed by atoms with Crippen LogP contribution in [0.1, 0.15) is 23.6 Å². The summed E-state index contributed by atoms with van der Waals surface area (Å²) < 4.78 is 7.17. The maximum atomic E-state index is 13.2. The lowest BCUT2D eigenvalue weighted by molar-refractivity contribution is -0.125. The zero-order valence-electron chi connectivity index (χ0n) is 18.3. The van der Waals surface area contributed by atoms with Gasteiger partial charge >= 0.3 is 0 Å². The molecule has 1 amide bonds. The molecule has 0 aliphatic carbocycles. The number of hydrogen-bond acceptors (Lipinski definition) is 7. The van der Waals surface area contributed by atoms with E-state index >= 15 is 0 Å². The molecule has 0 radical (unpaired) electrons. The number of nitrogens with zero attached hydrogens (tertiary/aromatic N) is 5. The van der Waals surface area contributed by atoms with Crippen molar-refractivity contribution in [1.29, 1.82) is 0 Å². The fourth-order valence-electron chi connectivity index (χ4n) is 4.17. The van der Waals surface area contributed by atoms with Gasteiger partial charge < -0.3 is 10.1 Å². The number of benzene rings is 2. The van der Waals surface area contributed by atoms with E-state index in [0.717, 1.165) is 24.3 Å². The third-order valence-electron chi connectivity index (χ3n) is 5.85. The average Bonchev–Trinajstić information content (AvgIpc) is 3.50. The minimum Gasteiger partial charge on any atom is -0.496 e. The molecule has 4 rings (SSSR count). The summed E-state index contributed by atoms with van der Waals surface area (Å²) in [6.07, 6.45) is 5.08. The summed E-state index contributed by atoms with van der Waals surface area (Å²) in [4.78, 5) is 16.6. The topological polar surface area (TPSA) is 85.2 Å². The second-order valence-electron chi connectivity index (χ2n) is 7.83. The minimum atomic E-state index is -0.234. The van der Waals surface area contributed by atoms with Crippen LogP contribution in [-0.4, -0.2) is 63.5 Å². The summed E-state index contributed by atoms with van der Waals surface area (Å²) >= 11 is 1.72. The number of amides is 1. The van der Waals surface area contributed by atoms with E-state index < -0.39 is 0 Å². The van der Waals surface area contributed by atoms with Crippen molar-refractivity contribution in [2.24, 2.45) is 0 Å². The highest BCUT2D eigenvalue weighted by molar-refractivity contribution is 7.98. The van der Waals surface area contributed by atoms with E-state index in [9.17, 15) is 4.79 Å². The molecule has 9 heteroatoms. The standard InChI is InChI=1S/C23H28N6O2S/c1-31-22-6-4-3-5-18(22)11-12-24-23(30)21-13-19(29-16-25-26-27-29)15-28(21)14-17-7-9-20(32-2)10-8-17/h3-10,16,19,21H,11-15H2,1-2H3,(H,24,30)/t19-,21-/m0/s1. The zero-order valence-corrected chi connectivity index (χ0v) is 19.2. The van der Waals surface area contributed by atoms with E-state index in [0.29, 0.717) is 19.5 Å². The predicted molar refractivity (Wildman–Crippen MR) is 124 cm³/mol. The van der Waals surface area contributed by atoms with Gasteiger partial charge in [0.05, 0.1) is 19.2 Å². The van der Waals surface area contributed by atoms with Crippen molar-refractivity contribution >= 4 is 17.7 Å². The molecule has 0 bridgehead atoms. The number of thioether (sulfide) groups is 1. The molecule has 1 aliphatic heterocycles. The molecule has 168 valence electrons. The first-order chi connectivity index (χ1) is 15.7. The Morgan fingerprint density at radius 2 is 2.03 bits per heavy atom. The second-order valence-corrected chi connectivity index (χ2v) is 8.71. The Kier molecular flexibility index (Phi) is 7.39. The van der Waals surface area contributed by atoms with Crippen molar-refractivity contribution in [2.45, 2.75) is 36.4 Å². The Balaban J connectivity index is 1.42. The molecule has 0 saturated carbocycles. The molecule has 32 heavy (non-hydrogen) atoms. The van der Waals surface area contributed by atoms with Gasteiger partial charge in [0.15, 0.2) is 0 Å². The molecule has 1 fully saturated rings. The van der Waals surface area contributed by atoms with Crippen LogP contribution in [0.4, 0.5) is 0 Å². The molecule has 1 aromatic heterocycles. The van der Waals surface area contributed by atoms with Gasteiger partial charge in [0.1, 0.15) is 12.1 Å². The average molecular weight is 453 g/mol. The molecule has 2 atom stereocenters. The first-order valence-corrected chi connectivity index (χ1v) is 11.9. The number of nitrogens with one attached hydrogen (secondary N) is 1. The molecule has 0 unspecified atom stereocenters. The molecular formula is C23H28N6O2S. The molecule has 2 heterocycles. The van der Waals surface area contributed by atoms with Crippen LogP contribution in [0.2, 0.25) is 0 Å². The monoisotopic (exact) mass is 452 g/mol. The number of aromatic nitrogens is 4. The van der Waals surface area contributed by atoms with E-state index in [1.807, 2.05) is 24.3 Å². The fraction of sp³-hybridized carbons (Fsp3) is 0.391. The molecule has 8 nitrogen and oxygen atoms in total. The minimum absolute atomic E-state index is 0.0382. The lowest BCUT2D eigenvalue weighted by atomic mass is 10.1. The van der Waals surface area contributed by atoms with E-state index in [1.165, 1.54) is 10.5 Å². The Labute approximate surface area is 192 Å². The van der Waals surface area contributed by atoms with Crippen LogP contribution in [-0.2, 0) is 17.8 Å². The van der Waals surface area contributed by atoms with E-state index in [2.05, 4.69) is 56.3 Å². The van der Waals surface area contributed by atoms with Gasteiger partial charge in [-0.1, -0.05) is 30.3 Å². The van der Waals surface area contributed by atoms with Crippen LogP contribution in [0.25, 0.3) is 0 Å². The first kappa shape index (κ1) is 22.3. The fourth-order valence-corrected chi connectivity index (χ4v) is 4.58. The smallest absolute Gasteiger partial charge is 0.237 e. The number of methoxy groups -OCH3 is 1. The third kappa shape index (κ3) is 5.28. The van der Waals surface area contributed by atoms with Crippen LogP contribution in [0, 0.1) is 0 Å². The van der Waals surface area contributed by atoms with Gasteiger partial charge in [-0.3, -0.25) is 9.69 Å².